The normalized spacial score (nSPS) is 27.4. The minimum absolute atomic E-state index is 0.114. The molecule has 0 unspecified atom stereocenters. The van der Waals surface area contributed by atoms with Crippen molar-refractivity contribution in [3.05, 3.63) is 32.6 Å². The van der Waals surface area contributed by atoms with Gasteiger partial charge in [0.05, 0.1) is 6.61 Å². The van der Waals surface area contributed by atoms with Crippen molar-refractivity contribution in [3.63, 3.8) is 0 Å². The van der Waals surface area contributed by atoms with Crippen molar-refractivity contribution >= 4 is 0 Å². The summed E-state index contributed by atoms with van der Waals surface area (Å²) in [6.45, 7) is 4.38. The minimum atomic E-state index is -2.20. The Morgan fingerprint density at radius 1 is 1.50 bits per heavy atom. The zero-order valence-corrected chi connectivity index (χ0v) is 12.4. The number of halogens is 1. The van der Waals surface area contributed by atoms with E-state index >= 15 is 0 Å². The van der Waals surface area contributed by atoms with E-state index in [1.54, 1.807) is 13.8 Å². The van der Waals surface area contributed by atoms with Gasteiger partial charge in [-0.3, -0.25) is 14.3 Å². The fraction of sp³-hybridized carbons (Fsp3) is 0.692. The summed E-state index contributed by atoms with van der Waals surface area (Å²) < 4.78 is 25.5. The third-order valence-electron chi connectivity index (χ3n) is 3.43. The van der Waals surface area contributed by atoms with Crippen molar-refractivity contribution in [3.8, 4) is 0 Å². The van der Waals surface area contributed by atoms with E-state index in [-0.39, 0.29) is 12.2 Å². The molecular weight excluding hydrogens is 299 g/mol. The maximum absolute atomic E-state index is 14.5. The number of nitrogens with one attached hydrogen (secondary N) is 1. The predicted molar refractivity (Wildman–Crippen MR) is 73.1 cm³/mol. The van der Waals surface area contributed by atoms with Crippen molar-refractivity contribution in [2.45, 2.75) is 51.2 Å². The van der Waals surface area contributed by atoms with Crippen LogP contribution in [0.25, 0.3) is 0 Å². The Balaban J connectivity index is 2.28. The van der Waals surface area contributed by atoms with E-state index in [1.807, 2.05) is 4.98 Å². The highest BCUT2D eigenvalue weighted by molar-refractivity contribution is 5.02. The van der Waals surface area contributed by atoms with Gasteiger partial charge >= 0.3 is 5.69 Å². The quantitative estimate of drug-likeness (QED) is 0.671. The number of aliphatic hydroxyl groups is 2. The Kier molecular flexibility index (Phi) is 4.52. The van der Waals surface area contributed by atoms with Gasteiger partial charge in [0.15, 0.2) is 5.79 Å². The third-order valence-corrected chi connectivity index (χ3v) is 3.43. The van der Waals surface area contributed by atoms with Crippen LogP contribution in [0.2, 0.25) is 0 Å². The van der Waals surface area contributed by atoms with Gasteiger partial charge in [-0.1, -0.05) is 0 Å². The average Bonchev–Trinajstić information content (AvgIpc) is 2.44. The highest BCUT2D eigenvalue weighted by Crippen LogP contribution is 2.28. The molecule has 9 heteroatoms. The molecule has 0 aliphatic carbocycles. The number of aromatic nitrogens is 2. The van der Waals surface area contributed by atoms with Crippen LogP contribution in [-0.4, -0.2) is 50.5 Å². The van der Waals surface area contributed by atoms with Crippen molar-refractivity contribution < 1.29 is 24.1 Å². The Hall–Kier alpha value is -1.55. The molecule has 3 N–H and O–H groups in total. The zero-order chi connectivity index (χ0) is 16.7. The Morgan fingerprint density at radius 2 is 2.14 bits per heavy atom. The molecule has 1 aliphatic rings. The smallest absolute Gasteiger partial charge is 0.330 e. The Morgan fingerprint density at radius 3 is 2.77 bits per heavy atom. The van der Waals surface area contributed by atoms with Crippen LogP contribution in [0.3, 0.4) is 0 Å². The van der Waals surface area contributed by atoms with Crippen molar-refractivity contribution in [1.82, 2.24) is 9.55 Å². The summed E-state index contributed by atoms with van der Waals surface area (Å²) in [7, 11) is 0. The summed E-state index contributed by atoms with van der Waals surface area (Å²) in [4.78, 5) is 24.9. The molecule has 4 atom stereocenters. The maximum atomic E-state index is 14.5. The molecule has 0 bridgehead atoms. The van der Waals surface area contributed by atoms with E-state index < -0.39 is 41.6 Å². The number of hydrogen-bond donors (Lipinski definition) is 3. The molecule has 0 radical (unpaired) electrons. The fourth-order valence-electron chi connectivity index (χ4n) is 2.21. The van der Waals surface area contributed by atoms with Crippen molar-refractivity contribution in [1.29, 1.82) is 0 Å². The van der Waals surface area contributed by atoms with Gasteiger partial charge in [-0.25, -0.2) is 9.18 Å². The molecule has 1 aliphatic heterocycles. The zero-order valence-electron chi connectivity index (χ0n) is 12.4. The number of rotatable bonds is 3. The number of hydrogen-bond acceptors (Lipinski definition) is 6. The van der Waals surface area contributed by atoms with Gasteiger partial charge in [0, 0.05) is 11.8 Å². The monoisotopic (exact) mass is 318 g/mol. The highest BCUT2D eigenvalue weighted by atomic mass is 19.1. The predicted octanol–water partition coefficient (Wildman–Crippen LogP) is -0.814. The molecule has 8 nitrogen and oxygen atoms in total. The maximum Gasteiger partial charge on any atom is 0.330 e. The second-order valence-electron chi connectivity index (χ2n) is 5.70. The summed E-state index contributed by atoms with van der Waals surface area (Å²) in [6, 6.07) is 0. The van der Waals surface area contributed by atoms with Crippen LogP contribution < -0.4 is 11.2 Å². The van der Waals surface area contributed by atoms with Crippen LogP contribution in [0.15, 0.2) is 15.8 Å². The number of ether oxygens (including phenoxy) is 2. The molecule has 1 aromatic rings. The molecular formula is C13H19FN2O6. The average molecular weight is 318 g/mol. The number of aryl methyl sites for hydroxylation is 1. The molecule has 0 aromatic carbocycles. The molecule has 2 heterocycles. The van der Waals surface area contributed by atoms with Crippen molar-refractivity contribution in [2.75, 3.05) is 6.61 Å². The first-order chi connectivity index (χ1) is 10.1. The number of H-pyrrole nitrogens is 1. The number of nitrogens with zero attached hydrogens (tertiary/aromatic N) is 1. The van der Waals surface area contributed by atoms with Crippen LogP contribution in [0.5, 0.6) is 0 Å². The van der Waals surface area contributed by atoms with Crippen LogP contribution in [-0.2, 0) is 9.47 Å². The molecule has 0 saturated carbocycles. The first-order valence-corrected chi connectivity index (χ1v) is 6.76. The summed E-state index contributed by atoms with van der Waals surface area (Å²) in [5.74, 6) is -1.10. The molecule has 2 rings (SSSR count). The lowest BCUT2D eigenvalue weighted by Crippen LogP contribution is -2.55. The Bertz CT molecular complexity index is 655. The summed E-state index contributed by atoms with van der Waals surface area (Å²) in [5, 5.41) is 19.9. The number of aromatic amines is 1. The second-order valence-corrected chi connectivity index (χ2v) is 5.70. The van der Waals surface area contributed by atoms with Gasteiger partial charge in [-0.05, 0) is 20.8 Å². The van der Waals surface area contributed by atoms with E-state index in [0.717, 1.165) is 6.20 Å². The lowest BCUT2D eigenvalue weighted by Gasteiger charge is -2.41. The lowest BCUT2D eigenvalue weighted by atomic mass is 10.1. The number of aliphatic hydroxyl groups excluding tert-OH is 2. The van der Waals surface area contributed by atoms with E-state index in [4.69, 9.17) is 9.47 Å². The topological polar surface area (TPSA) is 114 Å². The summed E-state index contributed by atoms with van der Waals surface area (Å²) in [6.07, 6.45) is -5.54. The summed E-state index contributed by atoms with van der Waals surface area (Å²) >= 11 is 0. The SMILES string of the molecule is Cc1cn([C@@H](F)[C@H](O)[C@@H]2OC(C)(C)OC[C@H]2O)c(=O)[nH]c1=O. The first kappa shape index (κ1) is 16.8. The second kappa shape index (κ2) is 5.92. The molecule has 0 spiro atoms. The van der Waals surface area contributed by atoms with Crippen LogP contribution in [0.1, 0.15) is 25.7 Å². The molecule has 22 heavy (non-hydrogen) atoms. The number of alkyl halides is 1. The van der Waals surface area contributed by atoms with Gasteiger partial charge in [-0.15, -0.1) is 0 Å². The van der Waals surface area contributed by atoms with E-state index in [2.05, 4.69) is 0 Å². The lowest BCUT2D eigenvalue weighted by molar-refractivity contribution is -0.324. The third kappa shape index (κ3) is 3.27. The van der Waals surface area contributed by atoms with Gasteiger partial charge in [0.2, 0.25) is 6.30 Å². The van der Waals surface area contributed by atoms with Crippen LogP contribution >= 0.6 is 0 Å². The van der Waals surface area contributed by atoms with E-state index in [1.165, 1.54) is 6.92 Å². The summed E-state index contributed by atoms with van der Waals surface area (Å²) in [5.41, 5.74) is -1.52. The van der Waals surface area contributed by atoms with Gasteiger partial charge in [0.25, 0.3) is 5.56 Å². The van der Waals surface area contributed by atoms with Gasteiger partial charge in [0.1, 0.15) is 18.3 Å². The molecule has 1 fully saturated rings. The van der Waals surface area contributed by atoms with Crippen molar-refractivity contribution in [2.24, 2.45) is 0 Å². The first-order valence-electron chi connectivity index (χ1n) is 6.76. The molecule has 124 valence electrons. The fourth-order valence-corrected chi connectivity index (χ4v) is 2.21. The molecule has 1 saturated heterocycles. The molecule has 1 aromatic heterocycles. The van der Waals surface area contributed by atoms with E-state index in [0.29, 0.717) is 4.57 Å². The minimum Gasteiger partial charge on any atom is -0.388 e. The van der Waals surface area contributed by atoms with Crippen LogP contribution in [0, 0.1) is 6.92 Å². The standard InChI is InChI=1S/C13H19FN2O6/c1-6-4-16(12(20)15-11(6)19)10(14)8(18)9-7(17)5-21-13(2,3)22-9/h4,7-10,17-18H,5H2,1-3H3,(H,15,19,20)/t7-,8-,9-,10-/m1/s1. The van der Waals surface area contributed by atoms with E-state index in [9.17, 15) is 24.2 Å². The van der Waals surface area contributed by atoms with Crippen LogP contribution in [0.4, 0.5) is 4.39 Å². The molecule has 0 amide bonds. The Labute approximate surface area is 125 Å². The van der Waals surface area contributed by atoms with Gasteiger partial charge in [-0.2, -0.15) is 0 Å². The highest BCUT2D eigenvalue weighted by Gasteiger charge is 2.43. The van der Waals surface area contributed by atoms with Gasteiger partial charge < -0.3 is 19.7 Å². The largest absolute Gasteiger partial charge is 0.388 e.